The third kappa shape index (κ3) is 7.52. The molecule has 11 nitrogen and oxygen atoms in total. The number of rotatable bonds is 8. The van der Waals surface area contributed by atoms with E-state index >= 15 is 0 Å². The molecule has 0 saturated heterocycles. The highest BCUT2D eigenvalue weighted by molar-refractivity contribution is 7.92. The molecule has 4 aromatic rings. The Hall–Kier alpha value is -4.84. The molecule has 0 aliphatic heterocycles. The van der Waals surface area contributed by atoms with Crippen molar-refractivity contribution in [3.05, 3.63) is 78.1 Å². The van der Waals surface area contributed by atoms with E-state index in [1.54, 1.807) is 50.5 Å². The summed E-state index contributed by atoms with van der Waals surface area (Å²) in [7, 11) is 1.08. The van der Waals surface area contributed by atoms with Crippen molar-refractivity contribution >= 4 is 49.8 Å². The molecule has 12 heteroatoms. The second kappa shape index (κ2) is 12.2. The number of methoxy groups -OCH3 is 1. The van der Waals surface area contributed by atoms with E-state index in [0.29, 0.717) is 28.3 Å². The standard InChI is InChI=1S/C31H35N5O6S/c1-31(2,3)19-16-24(28(41-6)25(17-19)35-43(7,39)40)34-30(38)33-23-12-13-27(22-11-9-8-10-21(22)23)42-20-14-15-32-26(18-20)29(37)36(4)5/h8-18,35H,1-7H3,(H2,33,34,38). The lowest BCUT2D eigenvalue weighted by Gasteiger charge is -2.24. The minimum Gasteiger partial charge on any atom is -0.492 e. The zero-order chi connectivity index (χ0) is 31.5. The molecule has 0 fully saturated rings. The summed E-state index contributed by atoms with van der Waals surface area (Å²) in [5.41, 5.74) is 1.71. The van der Waals surface area contributed by atoms with Crippen LogP contribution < -0.4 is 24.8 Å². The minimum absolute atomic E-state index is 0.173. The molecule has 3 amide bonds. The van der Waals surface area contributed by atoms with Crippen LogP contribution in [0.15, 0.2) is 66.9 Å². The van der Waals surface area contributed by atoms with E-state index in [9.17, 15) is 18.0 Å². The highest BCUT2D eigenvalue weighted by atomic mass is 32.2. The van der Waals surface area contributed by atoms with E-state index in [-0.39, 0.29) is 28.5 Å². The Morgan fingerprint density at radius 3 is 2.16 bits per heavy atom. The van der Waals surface area contributed by atoms with E-state index in [0.717, 1.165) is 17.2 Å². The van der Waals surface area contributed by atoms with Gasteiger partial charge in [0.2, 0.25) is 10.0 Å². The van der Waals surface area contributed by atoms with Gasteiger partial charge in [0.15, 0.2) is 5.75 Å². The summed E-state index contributed by atoms with van der Waals surface area (Å²) in [6, 6.07) is 17.0. The summed E-state index contributed by atoms with van der Waals surface area (Å²) in [6.45, 7) is 5.93. The van der Waals surface area contributed by atoms with Gasteiger partial charge >= 0.3 is 6.03 Å². The molecule has 1 aromatic heterocycles. The summed E-state index contributed by atoms with van der Waals surface area (Å²) in [5.74, 6) is 0.886. The fourth-order valence-electron chi connectivity index (χ4n) is 4.34. The number of hydrogen-bond donors (Lipinski definition) is 3. The molecule has 1 heterocycles. The van der Waals surface area contributed by atoms with Gasteiger partial charge < -0.3 is 25.0 Å². The van der Waals surface area contributed by atoms with Crippen LogP contribution in [0.5, 0.6) is 17.2 Å². The third-order valence-corrected chi connectivity index (χ3v) is 7.01. The largest absolute Gasteiger partial charge is 0.492 e. The van der Waals surface area contributed by atoms with Crippen LogP contribution in [-0.2, 0) is 15.4 Å². The van der Waals surface area contributed by atoms with Gasteiger partial charge in [0.1, 0.15) is 17.2 Å². The van der Waals surface area contributed by atoms with E-state index in [4.69, 9.17) is 9.47 Å². The Balaban J connectivity index is 1.64. The highest BCUT2D eigenvalue weighted by Crippen LogP contribution is 2.40. The van der Waals surface area contributed by atoms with Gasteiger partial charge in [-0.25, -0.2) is 13.2 Å². The molecule has 0 atom stereocenters. The molecule has 0 spiro atoms. The van der Waals surface area contributed by atoms with E-state index in [1.807, 2.05) is 45.0 Å². The van der Waals surface area contributed by atoms with Gasteiger partial charge in [0, 0.05) is 37.1 Å². The average molecular weight is 606 g/mol. The molecule has 3 N–H and O–H groups in total. The van der Waals surface area contributed by atoms with Gasteiger partial charge in [-0.05, 0) is 41.3 Å². The van der Waals surface area contributed by atoms with Gasteiger partial charge in [-0.15, -0.1) is 0 Å². The number of ether oxygens (including phenoxy) is 2. The number of fused-ring (bicyclic) bond motifs is 1. The monoisotopic (exact) mass is 605 g/mol. The maximum absolute atomic E-state index is 13.3. The fraction of sp³-hybridized carbons (Fsp3) is 0.258. The minimum atomic E-state index is -3.62. The van der Waals surface area contributed by atoms with E-state index in [1.165, 1.54) is 18.2 Å². The Kier molecular flexibility index (Phi) is 8.81. The number of sulfonamides is 1. The first-order valence-electron chi connectivity index (χ1n) is 13.3. The number of aromatic nitrogens is 1. The van der Waals surface area contributed by atoms with Crippen molar-refractivity contribution in [2.75, 3.05) is 42.8 Å². The fourth-order valence-corrected chi connectivity index (χ4v) is 4.89. The van der Waals surface area contributed by atoms with Gasteiger partial charge in [-0.3, -0.25) is 14.5 Å². The molecule has 4 rings (SSSR count). The summed E-state index contributed by atoms with van der Waals surface area (Å²) in [5, 5.41) is 7.13. The number of carbonyl (C=O) groups excluding carboxylic acids is 2. The van der Waals surface area contributed by atoms with Crippen LogP contribution in [0.1, 0.15) is 36.8 Å². The number of urea groups is 1. The van der Waals surface area contributed by atoms with Gasteiger partial charge in [-0.1, -0.05) is 45.0 Å². The maximum Gasteiger partial charge on any atom is 0.323 e. The molecular formula is C31H35N5O6S. The predicted octanol–water partition coefficient (Wildman–Crippen LogP) is 6.05. The summed E-state index contributed by atoms with van der Waals surface area (Å²) in [4.78, 5) is 31.2. The summed E-state index contributed by atoms with van der Waals surface area (Å²) in [6.07, 6.45) is 2.56. The number of nitrogens with one attached hydrogen (secondary N) is 3. The lowest BCUT2D eigenvalue weighted by molar-refractivity contribution is 0.0821. The van der Waals surface area contributed by atoms with Gasteiger partial charge in [0.25, 0.3) is 5.91 Å². The molecule has 226 valence electrons. The first-order valence-corrected chi connectivity index (χ1v) is 15.2. The van der Waals surface area contributed by atoms with Gasteiger partial charge in [-0.2, -0.15) is 0 Å². The zero-order valence-electron chi connectivity index (χ0n) is 25.1. The molecule has 0 bridgehead atoms. The van der Waals surface area contributed by atoms with Crippen LogP contribution in [-0.4, -0.2) is 57.7 Å². The van der Waals surface area contributed by atoms with Crippen molar-refractivity contribution < 1.29 is 27.5 Å². The van der Waals surface area contributed by atoms with Crippen molar-refractivity contribution in [2.24, 2.45) is 0 Å². The van der Waals surface area contributed by atoms with Crippen LogP contribution >= 0.6 is 0 Å². The highest BCUT2D eigenvalue weighted by Gasteiger charge is 2.22. The maximum atomic E-state index is 13.3. The Morgan fingerprint density at radius 2 is 1.53 bits per heavy atom. The topological polar surface area (TPSA) is 139 Å². The third-order valence-electron chi connectivity index (χ3n) is 6.42. The number of nitrogens with zero attached hydrogens (tertiary/aromatic N) is 2. The Bertz CT molecular complexity index is 1800. The quantitative estimate of drug-likeness (QED) is 0.222. The number of anilines is 3. The number of benzene rings is 3. The summed E-state index contributed by atoms with van der Waals surface area (Å²) < 4.78 is 38.2. The average Bonchev–Trinajstić information content (AvgIpc) is 2.92. The number of hydrogen-bond acceptors (Lipinski definition) is 7. The van der Waals surface area contributed by atoms with Crippen LogP contribution in [0.2, 0.25) is 0 Å². The van der Waals surface area contributed by atoms with Crippen LogP contribution in [0.3, 0.4) is 0 Å². The van der Waals surface area contributed by atoms with Gasteiger partial charge in [0.05, 0.1) is 30.4 Å². The van der Waals surface area contributed by atoms with E-state index in [2.05, 4.69) is 20.3 Å². The lowest BCUT2D eigenvalue weighted by Crippen LogP contribution is -2.22. The molecule has 43 heavy (non-hydrogen) atoms. The van der Waals surface area contributed by atoms with Crippen molar-refractivity contribution in [3.63, 3.8) is 0 Å². The SMILES string of the molecule is COc1c(NC(=O)Nc2ccc(Oc3ccnc(C(=O)N(C)C)c3)c3ccccc23)cc(C(C)(C)C)cc1NS(C)(=O)=O. The first kappa shape index (κ1) is 31.1. The van der Waals surface area contributed by atoms with E-state index < -0.39 is 16.1 Å². The van der Waals surface area contributed by atoms with Crippen molar-refractivity contribution in [1.29, 1.82) is 0 Å². The van der Waals surface area contributed by atoms with Crippen molar-refractivity contribution in [2.45, 2.75) is 26.2 Å². The lowest BCUT2D eigenvalue weighted by atomic mass is 9.86. The smallest absolute Gasteiger partial charge is 0.323 e. The molecule has 0 saturated carbocycles. The molecule has 0 aliphatic carbocycles. The van der Waals surface area contributed by atoms with Crippen LogP contribution in [0.4, 0.5) is 21.9 Å². The molecule has 3 aromatic carbocycles. The normalized spacial score (nSPS) is 11.5. The van der Waals surface area contributed by atoms with Crippen LogP contribution in [0.25, 0.3) is 10.8 Å². The Morgan fingerprint density at radius 1 is 0.884 bits per heavy atom. The number of pyridine rings is 1. The first-order chi connectivity index (χ1) is 20.2. The molecule has 0 radical (unpaired) electrons. The number of carbonyl (C=O) groups is 2. The predicted molar refractivity (Wildman–Crippen MR) is 169 cm³/mol. The second-order valence-corrected chi connectivity index (χ2v) is 12.9. The molecular weight excluding hydrogens is 570 g/mol. The Labute approximate surface area is 251 Å². The second-order valence-electron chi connectivity index (χ2n) is 11.1. The van der Waals surface area contributed by atoms with Crippen LogP contribution in [0, 0.1) is 0 Å². The zero-order valence-corrected chi connectivity index (χ0v) is 25.9. The molecule has 0 unspecified atom stereocenters. The van der Waals surface area contributed by atoms with Crippen molar-refractivity contribution in [3.8, 4) is 17.2 Å². The van der Waals surface area contributed by atoms with Crippen molar-refractivity contribution in [1.82, 2.24) is 9.88 Å². The summed E-state index contributed by atoms with van der Waals surface area (Å²) >= 11 is 0. The number of amides is 3. The molecule has 0 aliphatic rings.